The molecule has 2 aromatic heterocycles. The molecule has 2 heterocycles. The second kappa shape index (κ2) is 4.98. The van der Waals surface area contributed by atoms with Gasteiger partial charge in [-0.2, -0.15) is 0 Å². The monoisotopic (exact) mass is 244 g/mol. The van der Waals surface area contributed by atoms with Gasteiger partial charge in [-0.3, -0.25) is 4.40 Å². The number of pyridine rings is 1. The van der Waals surface area contributed by atoms with E-state index < -0.39 is 0 Å². The average Bonchev–Trinajstić information content (AvgIpc) is 2.83. The topological polar surface area (TPSA) is 55.3 Å². The smallest absolute Gasteiger partial charge is 0.138 e. The molecule has 1 aliphatic rings. The summed E-state index contributed by atoms with van der Waals surface area (Å²) in [5, 5.41) is 3.61. The Labute approximate surface area is 107 Å². The standard InChI is InChI=1S/C14H20N4/c15-9-11-4-6-12(7-5-11)17-14-10-16-13-3-1-2-8-18(13)14/h1-3,8,10-12,17H,4-7,9,15H2. The van der Waals surface area contributed by atoms with Gasteiger partial charge in [0.1, 0.15) is 11.5 Å². The van der Waals surface area contributed by atoms with Crippen molar-refractivity contribution >= 4 is 11.5 Å². The molecule has 18 heavy (non-hydrogen) atoms. The average molecular weight is 244 g/mol. The fourth-order valence-electron chi connectivity index (χ4n) is 2.79. The molecule has 0 amide bonds. The third kappa shape index (κ3) is 2.20. The Morgan fingerprint density at radius 1 is 1.28 bits per heavy atom. The maximum Gasteiger partial charge on any atom is 0.138 e. The van der Waals surface area contributed by atoms with Crippen LogP contribution in [0.5, 0.6) is 0 Å². The molecular formula is C14H20N4. The first-order chi connectivity index (χ1) is 8.86. The number of imidazole rings is 1. The third-order valence-corrected chi connectivity index (χ3v) is 3.95. The van der Waals surface area contributed by atoms with Gasteiger partial charge < -0.3 is 11.1 Å². The van der Waals surface area contributed by atoms with Crippen LogP contribution in [0.15, 0.2) is 30.6 Å². The molecule has 0 saturated heterocycles. The summed E-state index contributed by atoms with van der Waals surface area (Å²) >= 11 is 0. The molecule has 4 heteroatoms. The predicted molar refractivity (Wildman–Crippen MR) is 73.6 cm³/mol. The van der Waals surface area contributed by atoms with Crippen molar-refractivity contribution in [1.29, 1.82) is 0 Å². The van der Waals surface area contributed by atoms with Gasteiger partial charge >= 0.3 is 0 Å². The molecular weight excluding hydrogens is 224 g/mol. The summed E-state index contributed by atoms with van der Waals surface area (Å²) in [6, 6.07) is 6.63. The number of fused-ring (bicyclic) bond motifs is 1. The van der Waals surface area contributed by atoms with Crippen molar-refractivity contribution in [2.45, 2.75) is 31.7 Å². The zero-order valence-corrected chi connectivity index (χ0v) is 10.5. The largest absolute Gasteiger partial charge is 0.367 e. The Morgan fingerprint density at radius 2 is 2.11 bits per heavy atom. The van der Waals surface area contributed by atoms with Crippen molar-refractivity contribution in [3.05, 3.63) is 30.6 Å². The molecule has 0 radical (unpaired) electrons. The predicted octanol–water partition coefficient (Wildman–Crippen LogP) is 2.26. The van der Waals surface area contributed by atoms with E-state index in [9.17, 15) is 0 Å². The highest BCUT2D eigenvalue weighted by molar-refractivity contribution is 5.50. The summed E-state index contributed by atoms with van der Waals surface area (Å²) in [4.78, 5) is 4.40. The molecule has 0 spiro atoms. The van der Waals surface area contributed by atoms with Crippen molar-refractivity contribution in [1.82, 2.24) is 9.38 Å². The lowest BCUT2D eigenvalue weighted by Crippen LogP contribution is -2.29. The van der Waals surface area contributed by atoms with E-state index in [0.717, 1.165) is 23.9 Å². The van der Waals surface area contributed by atoms with Crippen LogP contribution in [0.25, 0.3) is 5.65 Å². The summed E-state index contributed by atoms with van der Waals surface area (Å²) in [6.45, 7) is 0.836. The minimum Gasteiger partial charge on any atom is -0.367 e. The van der Waals surface area contributed by atoms with Crippen molar-refractivity contribution in [2.75, 3.05) is 11.9 Å². The van der Waals surface area contributed by atoms with Crippen LogP contribution in [0, 0.1) is 5.92 Å². The number of aromatic nitrogens is 2. The molecule has 0 aromatic carbocycles. The van der Waals surface area contributed by atoms with Gasteiger partial charge in [0.05, 0.1) is 6.20 Å². The first-order valence-corrected chi connectivity index (χ1v) is 6.75. The number of nitrogens with zero attached hydrogens (tertiary/aromatic N) is 2. The van der Waals surface area contributed by atoms with Crippen LogP contribution in [0.4, 0.5) is 5.82 Å². The first kappa shape index (κ1) is 11.5. The summed E-state index contributed by atoms with van der Waals surface area (Å²) in [7, 11) is 0. The molecule has 0 atom stereocenters. The van der Waals surface area contributed by atoms with Crippen LogP contribution in [0.3, 0.4) is 0 Å². The van der Waals surface area contributed by atoms with E-state index in [1.54, 1.807) is 0 Å². The van der Waals surface area contributed by atoms with E-state index in [1.165, 1.54) is 25.7 Å². The third-order valence-electron chi connectivity index (χ3n) is 3.95. The Hall–Kier alpha value is -1.55. The van der Waals surface area contributed by atoms with Gasteiger partial charge in [-0.15, -0.1) is 0 Å². The van der Waals surface area contributed by atoms with Gasteiger partial charge in [0.2, 0.25) is 0 Å². The van der Waals surface area contributed by atoms with Gasteiger partial charge in [0.15, 0.2) is 0 Å². The highest BCUT2D eigenvalue weighted by Crippen LogP contribution is 2.26. The molecule has 3 rings (SSSR count). The number of nitrogens with two attached hydrogens (primary N) is 1. The molecule has 1 saturated carbocycles. The van der Waals surface area contributed by atoms with Crippen molar-refractivity contribution in [3.63, 3.8) is 0 Å². The van der Waals surface area contributed by atoms with Crippen LogP contribution in [-0.4, -0.2) is 22.0 Å². The zero-order chi connectivity index (χ0) is 12.4. The van der Waals surface area contributed by atoms with E-state index in [4.69, 9.17) is 5.73 Å². The molecule has 1 aliphatic carbocycles. The van der Waals surface area contributed by atoms with Crippen molar-refractivity contribution < 1.29 is 0 Å². The highest BCUT2D eigenvalue weighted by Gasteiger charge is 2.20. The lowest BCUT2D eigenvalue weighted by atomic mass is 9.86. The quantitative estimate of drug-likeness (QED) is 0.870. The molecule has 0 unspecified atom stereocenters. The van der Waals surface area contributed by atoms with Crippen LogP contribution >= 0.6 is 0 Å². The fourth-order valence-corrected chi connectivity index (χ4v) is 2.79. The van der Waals surface area contributed by atoms with E-state index >= 15 is 0 Å². The van der Waals surface area contributed by atoms with E-state index in [-0.39, 0.29) is 0 Å². The second-order valence-electron chi connectivity index (χ2n) is 5.17. The Morgan fingerprint density at radius 3 is 2.89 bits per heavy atom. The van der Waals surface area contributed by atoms with Gasteiger partial charge in [-0.25, -0.2) is 4.98 Å². The number of rotatable bonds is 3. The Kier molecular flexibility index (Phi) is 3.19. The molecule has 3 N–H and O–H groups in total. The summed E-state index contributed by atoms with van der Waals surface area (Å²) in [5.74, 6) is 1.83. The SMILES string of the molecule is NCC1CCC(Nc2cnc3ccccn23)CC1. The molecule has 4 nitrogen and oxygen atoms in total. The summed E-state index contributed by atoms with van der Waals surface area (Å²) in [5.41, 5.74) is 6.72. The van der Waals surface area contributed by atoms with E-state index in [2.05, 4.69) is 20.9 Å². The van der Waals surface area contributed by atoms with Crippen LogP contribution in [0.2, 0.25) is 0 Å². The minimum absolute atomic E-state index is 0.563. The summed E-state index contributed by atoms with van der Waals surface area (Å²) in [6.07, 6.45) is 8.88. The maximum absolute atomic E-state index is 5.72. The van der Waals surface area contributed by atoms with Gasteiger partial charge in [0.25, 0.3) is 0 Å². The van der Waals surface area contributed by atoms with Crippen LogP contribution in [0.1, 0.15) is 25.7 Å². The Bertz CT molecular complexity index is 511. The van der Waals surface area contributed by atoms with Crippen LogP contribution < -0.4 is 11.1 Å². The minimum atomic E-state index is 0.563. The number of nitrogens with one attached hydrogen (secondary N) is 1. The van der Waals surface area contributed by atoms with E-state index in [1.807, 2.05) is 24.4 Å². The van der Waals surface area contributed by atoms with Gasteiger partial charge in [-0.1, -0.05) is 6.07 Å². The zero-order valence-electron chi connectivity index (χ0n) is 10.5. The highest BCUT2D eigenvalue weighted by atomic mass is 15.1. The van der Waals surface area contributed by atoms with E-state index in [0.29, 0.717) is 6.04 Å². The maximum atomic E-state index is 5.72. The molecule has 0 aliphatic heterocycles. The van der Waals surface area contributed by atoms with Crippen molar-refractivity contribution in [3.8, 4) is 0 Å². The molecule has 0 bridgehead atoms. The lowest BCUT2D eigenvalue weighted by Gasteiger charge is -2.28. The fraction of sp³-hybridized carbons (Fsp3) is 0.500. The first-order valence-electron chi connectivity index (χ1n) is 6.75. The second-order valence-corrected chi connectivity index (χ2v) is 5.17. The normalized spacial score (nSPS) is 24.3. The summed E-state index contributed by atoms with van der Waals surface area (Å²) < 4.78 is 2.11. The molecule has 1 fully saturated rings. The lowest BCUT2D eigenvalue weighted by molar-refractivity contribution is 0.344. The number of anilines is 1. The Balaban J connectivity index is 1.70. The van der Waals surface area contributed by atoms with Gasteiger partial charge in [-0.05, 0) is 50.3 Å². The van der Waals surface area contributed by atoms with Gasteiger partial charge in [0, 0.05) is 12.2 Å². The molecule has 2 aromatic rings. The molecule has 96 valence electrons. The number of hydrogen-bond acceptors (Lipinski definition) is 3. The number of hydrogen-bond donors (Lipinski definition) is 2. The van der Waals surface area contributed by atoms with Crippen molar-refractivity contribution in [2.24, 2.45) is 11.7 Å². The van der Waals surface area contributed by atoms with Crippen LogP contribution in [-0.2, 0) is 0 Å².